The van der Waals surface area contributed by atoms with Crippen LogP contribution in [0, 0.1) is 0 Å². The molecule has 1 saturated heterocycles. The van der Waals surface area contributed by atoms with Gasteiger partial charge in [-0.15, -0.1) is 0 Å². The molecule has 0 aromatic rings. The van der Waals surface area contributed by atoms with Crippen molar-refractivity contribution < 1.29 is 0 Å². The number of hydrogen-bond acceptors (Lipinski definition) is 3. The fourth-order valence-electron chi connectivity index (χ4n) is 3.56. The Balaban J connectivity index is 2.68. The van der Waals surface area contributed by atoms with E-state index in [0.717, 1.165) is 6.54 Å². The van der Waals surface area contributed by atoms with E-state index in [9.17, 15) is 0 Å². The van der Waals surface area contributed by atoms with Crippen LogP contribution in [-0.4, -0.2) is 53.6 Å². The van der Waals surface area contributed by atoms with Gasteiger partial charge in [0.2, 0.25) is 0 Å². The predicted octanol–water partition coefficient (Wildman–Crippen LogP) is 2.70. The first-order chi connectivity index (χ1) is 8.89. The summed E-state index contributed by atoms with van der Waals surface area (Å²) in [5.74, 6) is 0. The van der Waals surface area contributed by atoms with Crippen LogP contribution in [-0.2, 0) is 0 Å². The molecule has 0 bridgehead atoms. The van der Waals surface area contributed by atoms with Crippen LogP contribution < -0.4 is 5.73 Å². The summed E-state index contributed by atoms with van der Waals surface area (Å²) in [6.45, 7) is 17.0. The van der Waals surface area contributed by atoms with E-state index in [1.165, 1.54) is 51.9 Å². The molecule has 1 aliphatic heterocycles. The van der Waals surface area contributed by atoms with Crippen molar-refractivity contribution in [2.75, 3.05) is 32.7 Å². The molecule has 0 spiro atoms. The van der Waals surface area contributed by atoms with Gasteiger partial charge in [-0.25, -0.2) is 0 Å². The Kier molecular flexibility index (Phi) is 6.28. The fraction of sp³-hybridized carbons (Fsp3) is 1.00. The summed E-state index contributed by atoms with van der Waals surface area (Å²) >= 11 is 0. The fourth-order valence-corrected chi connectivity index (χ4v) is 3.56. The Bertz CT molecular complexity index is 243. The smallest absolute Gasteiger partial charge is 0.0332 e. The number of rotatable bonds is 6. The van der Waals surface area contributed by atoms with Crippen molar-refractivity contribution in [2.45, 2.75) is 71.4 Å². The number of hydrogen-bond donors (Lipinski definition) is 1. The molecule has 0 saturated carbocycles. The standard InChI is InChI=1S/C16H35N3/c1-6-8-16(14-17,9-7-2)19-12-10-18(11-13-19)15(3,4)5/h6-14,17H2,1-5H3. The molecule has 0 atom stereocenters. The van der Waals surface area contributed by atoms with Crippen molar-refractivity contribution in [3.8, 4) is 0 Å². The summed E-state index contributed by atoms with van der Waals surface area (Å²) < 4.78 is 0. The van der Waals surface area contributed by atoms with Gasteiger partial charge in [0.05, 0.1) is 0 Å². The lowest BCUT2D eigenvalue weighted by atomic mass is 9.86. The van der Waals surface area contributed by atoms with Gasteiger partial charge in [-0.05, 0) is 33.6 Å². The molecule has 2 N–H and O–H groups in total. The minimum atomic E-state index is 0.257. The Morgan fingerprint density at radius 2 is 1.26 bits per heavy atom. The number of nitrogens with two attached hydrogens (primary N) is 1. The van der Waals surface area contributed by atoms with E-state index in [1.54, 1.807) is 0 Å². The largest absolute Gasteiger partial charge is 0.329 e. The van der Waals surface area contributed by atoms with Gasteiger partial charge in [0.25, 0.3) is 0 Å². The third kappa shape index (κ3) is 4.17. The summed E-state index contributed by atoms with van der Waals surface area (Å²) in [6, 6.07) is 0. The predicted molar refractivity (Wildman–Crippen MR) is 84.5 cm³/mol. The molecule has 114 valence electrons. The van der Waals surface area contributed by atoms with Gasteiger partial charge in [-0.1, -0.05) is 26.7 Å². The lowest BCUT2D eigenvalue weighted by Crippen LogP contribution is -2.62. The number of nitrogens with zero attached hydrogens (tertiary/aromatic N) is 2. The van der Waals surface area contributed by atoms with Crippen LogP contribution in [0.15, 0.2) is 0 Å². The van der Waals surface area contributed by atoms with E-state index >= 15 is 0 Å². The highest BCUT2D eigenvalue weighted by molar-refractivity contribution is 4.95. The van der Waals surface area contributed by atoms with Crippen molar-refractivity contribution >= 4 is 0 Å². The zero-order valence-electron chi connectivity index (χ0n) is 13.8. The van der Waals surface area contributed by atoms with Crippen LogP contribution in [0.3, 0.4) is 0 Å². The second kappa shape index (κ2) is 7.05. The molecular formula is C16H35N3. The topological polar surface area (TPSA) is 32.5 Å². The highest BCUT2D eigenvalue weighted by atomic mass is 15.3. The van der Waals surface area contributed by atoms with Crippen LogP contribution in [0.1, 0.15) is 60.3 Å². The summed E-state index contributed by atoms with van der Waals surface area (Å²) in [5.41, 5.74) is 6.73. The first-order valence-electron chi connectivity index (χ1n) is 8.10. The van der Waals surface area contributed by atoms with E-state index in [2.05, 4.69) is 44.4 Å². The molecule has 1 fully saturated rings. The lowest BCUT2D eigenvalue weighted by molar-refractivity contribution is -0.00427. The third-order valence-corrected chi connectivity index (χ3v) is 4.71. The Morgan fingerprint density at radius 3 is 1.58 bits per heavy atom. The van der Waals surface area contributed by atoms with E-state index in [1.807, 2.05) is 0 Å². The van der Waals surface area contributed by atoms with E-state index in [-0.39, 0.29) is 5.54 Å². The molecule has 1 rings (SSSR count). The molecular weight excluding hydrogens is 234 g/mol. The summed E-state index contributed by atoms with van der Waals surface area (Å²) in [6.07, 6.45) is 4.95. The first kappa shape index (κ1) is 16.9. The SMILES string of the molecule is CCCC(CN)(CCC)N1CCN(C(C)(C)C)CC1. The maximum atomic E-state index is 6.18. The number of piperazine rings is 1. The summed E-state index contributed by atoms with van der Waals surface area (Å²) in [7, 11) is 0. The normalized spacial score (nSPS) is 19.9. The Labute approximate surface area is 120 Å². The maximum absolute atomic E-state index is 6.18. The molecule has 1 aliphatic rings. The van der Waals surface area contributed by atoms with E-state index in [0.29, 0.717) is 5.54 Å². The highest BCUT2D eigenvalue weighted by Crippen LogP contribution is 2.29. The third-order valence-electron chi connectivity index (χ3n) is 4.71. The average Bonchev–Trinajstić information content (AvgIpc) is 2.37. The highest BCUT2D eigenvalue weighted by Gasteiger charge is 2.37. The van der Waals surface area contributed by atoms with Crippen LogP contribution in [0.4, 0.5) is 0 Å². The van der Waals surface area contributed by atoms with Gasteiger partial charge in [-0.3, -0.25) is 9.80 Å². The summed E-state index contributed by atoms with van der Waals surface area (Å²) in [5, 5.41) is 0. The molecule has 0 aliphatic carbocycles. The lowest BCUT2D eigenvalue weighted by Gasteiger charge is -2.50. The minimum Gasteiger partial charge on any atom is -0.329 e. The molecule has 1 heterocycles. The first-order valence-corrected chi connectivity index (χ1v) is 8.10. The van der Waals surface area contributed by atoms with Crippen molar-refractivity contribution in [1.29, 1.82) is 0 Å². The monoisotopic (exact) mass is 269 g/mol. The van der Waals surface area contributed by atoms with Crippen molar-refractivity contribution in [2.24, 2.45) is 5.73 Å². The Morgan fingerprint density at radius 1 is 0.842 bits per heavy atom. The van der Waals surface area contributed by atoms with Crippen LogP contribution in [0.5, 0.6) is 0 Å². The second-order valence-electron chi connectivity index (χ2n) is 7.07. The van der Waals surface area contributed by atoms with Crippen molar-refractivity contribution in [3.05, 3.63) is 0 Å². The van der Waals surface area contributed by atoms with E-state index < -0.39 is 0 Å². The Hall–Kier alpha value is -0.120. The van der Waals surface area contributed by atoms with Crippen molar-refractivity contribution in [3.63, 3.8) is 0 Å². The average molecular weight is 269 g/mol. The van der Waals surface area contributed by atoms with Gasteiger partial charge >= 0.3 is 0 Å². The second-order valence-corrected chi connectivity index (χ2v) is 7.07. The molecule has 19 heavy (non-hydrogen) atoms. The van der Waals surface area contributed by atoms with E-state index in [4.69, 9.17) is 5.73 Å². The molecule has 0 amide bonds. The zero-order chi connectivity index (χ0) is 14.5. The van der Waals surface area contributed by atoms with Gasteiger partial charge in [-0.2, -0.15) is 0 Å². The van der Waals surface area contributed by atoms with Gasteiger partial charge in [0, 0.05) is 43.8 Å². The molecule has 0 aromatic carbocycles. The van der Waals surface area contributed by atoms with Crippen LogP contribution in [0.25, 0.3) is 0 Å². The molecule has 0 aromatic heterocycles. The van der Waals surface area contributed by atoms with Crippen molar-refractivity contribution in [1.82, 2.24) is 9.80 Å². The van der Waals surface area contributed by atoms with Gasteiger partial charge in [0.15, 0.2) is 0 Å². The van der Waals surface area contributed by atoms with Gasteiger partial charge < -0.3 is 5.73 Å². The van der Waals surface area contributed by atoms with Crippen LogP contribution >= 0.6 is 0 Å². The molecule has 3 heteroatoms. The zero-order valence-corrected chi connectivity index (χ0v) is 13.8. The minimum absolute atomic E-state index is 0.257. The van der Waals surface area contributed by atoms with Crippen LogP contribution in [0.2, 0.25) is 0 Å². The maximum Gasteiger partial charge on any atom is 0.0332 e. The molecule has 3 nitrogen and oxygen atoms in total. The summed E-state index contributed by atoms with van der Waals surface area (Å²) in [4.78, 5) is 5.28. The quantitative estimate of drug-likeness (QED) is 0.805. The molecule has 0 unspecified atom stereocenters. The van der Waals surface area contributed by atoms with Gasteiger partial charge in [0.1, 0.15) is 0 Å². The molecule has 0 radical (unpaired) electrons.